The van der Waals surface area contributed by atoms with Crippen molar-refractivity contribution in [2.75, 3.05) is 12.4 Å². The highest BCUT2D eigenvalue weighted by molar-refractivity contribution is 6.29. The van der Waals surface area contributed by atoms with Gasteiger partial charge in [0.15, 0.2) is 0 Å². The fraction of sp³-hybridized carbons (Fsp3) is 0.150. The molecule has 0 unspecified atom stereocenters. The molecule has 1 heterocycles. The molecular weight excluding hydrogens is 377 g/mol. The molecule has 3 nitrogen and oxygen atoms in total. The smallest absolute Gasteiger partial charge is 0.416 e. The van der Waals surface area contributed by atoms with Crippen molar-refractivity contribution >= 4 is 17.4 Å². The Labute approximate surface area is 159 Å². The Morgan fingerprint density at radius 1 is 0.963 bits per heavy atom. The lowest BCUT2D eigenvalue weighted by molar-refractivity contribution is -0.137. The van der Waals surface area contributed by atoms with E-state index in [-0.39, 0.29) is 5.15 Å². The Hall–Kier alpha value is -2.73. The molecule has 0 aliphatic rings. The van der Waals surface area contributed by atoms with Crippen LogP contribution in [0.25, 0.3) is 11.1 Å². The quantitative estimate of drug-likeness (QED) is 0.537. The van der Waals surface area contributed by atoms with Crippen LogP contribution in [0.3, 0.4) is 0 Å². The van der Waals surface area contributed by atoms with E-state index in [1.165, 1.54) is 12.1 Å². The van der Waals surface area contributed by atoms with Gasteiger partial charge in [0.1, 0.15) is 16.7 Å². The molecule has 0 aliphatic carbocycles. The van der Waals surface area contributed by atoms with Gasteiger partial charge in [-0.1, -0.05) is 35.9 Å². The Morgan fingerprint density at radius 3 is 2.22 bits per heavy atom. The molecular formula is C20H16ClF3N2O. The van der Waals surface area contributed by atoms with E-state index < -0.39 is 11.7 Å². The van der Waals surface area contributed by atoms with Crippen LogP contribution in [0.1, 0.15) is 11.1 Å². The summed E-state index contributed by atoms with van der Waals surface area (Å²) >= 11 is 6.08. The van der Waals surface area contributed by atoms with Crippen molar-refractivity contribution in [2.45, 2.75) is 12.7 Å². The average Bonchev–Trinajstić information content (AvgIpc) is 2.66. The predicted octanol–water partition coefficient (Wildman–Crippen LogP) is 6.04. The highest BCUT2D eigenvalue weighted by Crippen LogP contribution is 2.32. The molecule has 0 radical (unpaired) electrons. The number of benzene rings is 2. The van der Waals surface area contributed by atoms with E-state index >= 15 is 0 Å². The van der Waals surface area contributed by atoms with E-state index in [2.05, 4.69) is 10.3 Å². The molecule has 0 spiro atoms. The largest absolute Gasteiger partial charge is 0.497 e. The van der Waals surface area contributed by atoms with Crippen molar-refractivity contribution in [3.63, 3.8) is 0 Å². The molecule has 2 aromatic carbocycles. The van der Waals surface area contributed by atoms with Crippen molar-refractivity contribution in [3.8, 4) is 16.9 Å². The highest BCUT2D eigenvalue weighted by atomic mass is 35.5. The van der Waals surface area contributed by atoms with Gasteiger partial charge in [0, 0.05) is 6.54 Å². The van der Waals surface area contributed by atoms with Gasteiger partial charge in [0.25, 0.3) is 0 Å². The number of methoxy groups -OCH3 is 1. The molecule has 1 N–H and O–H groups in total. The van der Waals surface area contributed by atoms with Crippen LogP contribution in [0.15, 0.2) is 60.7 Å². The summed E-state index contributed by atoms with van der Waals surface area (Å²) in [5, 5.41) is 3.42. The minimum absolute atomic E-state index is 0.254. The Kier molecular flexibility index (Phi) is 5.56. The molecule has 140 valence electrons. The topological polar surface area (TPSA) is 34.1 Å². The van der Waals surface area contributed by atoms with Crippen LogP contribution < -0.4 is 10.1 Å². The molecule has 7 heteroatoms. The fourth-order valence-electron chi connectivity index (χ4n) is 2.54. The van der Waals surface area contributed by atoms with Crippen LogP contribution in [0.5, 0.6) is 5.75 Å². The summed E-state index contributed by atoms with van der Waals surface area (Å²) in [7, 11) is 1.60. The maximum Gasteiger partial charge on any atom is 0.416 e. The lowest BCUT2D eigenvalue weighted by Crippen LogP contribution is -2.04. The number of pyridine rings is 1. The van der Waals surface area contributed by atoms with Crippen molar-refractivity contribution in [2.24, 2.45) is 0 Å². The van der Waals surface area contributed by atoms with Gasteiger partial charge >= 0.3 is 6.18 Å². The Morgan fingerprint density at radius 2 is 1.63 bits per heavy atom. The van der Waals surface area contributed by atoms with Gasteiger partial charge < -0.3 is 10.1 Å². The Bertz CT molecular complexity index is 910. The van der Waals surface area contributed by atoms with Gasteiger partial charge in [-0.25, -0.2) is 4.98 Å². The van der Waals surface area contributed by atoms with E-state index in [9.17, 15) is 13.2 Å². The maximum atomic E-state index is 12.7. The number of rotatable bonds is 5. The van der Waals surface area contributed by atoms with Crippen LogP contribution in [0.2, 0.25) is 5.15 Å². The summed E-state index contributed by atoms with van der Waals surface area (Å²) in [6.07, 6.45) is -4.36. The average molecular weight is 393 g/mol. The van der Waals surface area contributed by atoms with Crippen molar-refractivity contribution < 1.29 is 17.9 Å². The molecule has 3 rings (SSSR count). The SMILES string of the molecule is COc1ccc(CNc2cc(-c3ccc(C(F)(F)F)cc3)cc(Cl)n2)cc1. The maximum absolute atomic E-state index is 12.7. The Balaban J connectivity index is 1.77. The zero-order valence-corrected chi connectivity index (χ0v) is 15.1. The molecule has 0 saturated heterocycles. The van der Waals surface area contributed by atoms with Crippen LogP contribution in [-0.2, 0) is 12.7 Å². The summed E-state index contributed by atoms with van der Waals surface area (Å²) in [6.45, 7) is 0.518. The normalized spacial score (nSPS) is 11.3. The summed E-state index contributed by atoms with van der Waals surface area (Å²) < 4.78 is 43.3. The summed E-state index contributed by atoms with van der Waals surface area (Å²) in [6, 6.07) is 15.9. The van der Waals surface area contributed by atoms with Gasteiger partial charge in [-0.2, -0.15) is 13.2 Å². The lowest BCUT2D eigenvalue weighted by Gasteiger charge is -2.11. The van der Waals surface area contributed by atoms with E-state index in [0.717, 1.165) is 23.4 Å². The predicted molar refractivity (Wildman–Crippen MR) is 100 cm³/mol. The van der Waals surface area contributed by atoms with E-state index in [1.54, 1.807) is 19.2 Å². The van der Waals surface area contributed by atoms with Crippen LogP contribution in [0, 0.1) is 0 Å². The monoisotopic (exact) mass is 392 g/mol. The van der Waals surface area contributed by atoms with E-state index in [1.807, 2.05) is 24.3 Å². The molecule has 1 aromatic heterocycles. The third-order valence-electron chi connectivity index (χ3n) is 3.97. The van der Waals surface area contributed by atoms with E-state index in [4.69, 9.17) is 16.3 Å². The van der Waals surface area contributed by atoms with Gasteiger partial charge in [0.05, 0.1) is 12.7 Å². The lowest BCUT2D eigenvalue weighted by atomic mass is 10.0. The van der Waals surface area contributed by atoms with Gasteiger partial charge in [0.2, 0.25) is 0 Å². The molecule has 0 saturated carbocycles. The zero-order chi connectivity index (χ0) is 19.4. The number of ether oxygens (including phenoxy) is 1. The third-order valence-corrected chi connectivity index (χ3v) is 4.17. The van der Waals surface area contributed by atoms with Gasteiger partial charge in [-0.3, -0.25) is 0 Å². The zero-order valence-electron chi connectivity index (χ0n) is 14.3. The van der Waals surface area contributed by atoms with Crippen molar-refractivity contribution in [1.29, 1.82) is 0 Å². The molecule has 0 aliphatic heterocycles. The number of alkyl halides is 3. The number of anilines is 1. The summed E-state index contributed by atoms with van der Waals surface area (Å²) in [4.78, 5) is 4.21. The second-order valence-electron chi connectivity index (χ2n) is 5.84. The standard InChI is InChI=1S/C20H16ClF3N2O/c1-27-17-8-2-13(3-9-17)12-25-19-11-15(10-18(21)26-19)14-4-6-16(7-5-14)20(22,23)24/h2-11H,12H2,1H3,(H,25,26). The second-order valence-corrected chi connectivity index (χ2v) is 6.23. The summed E-state index contributed by atoms with van der Waals surface area (Å²) in [5.41, 5.74) is 1.64. The number of halogens is 4. The van der Waals surface area contributed by atoms with Gasteiger partial charge in [-0.15, -0.1) is 0 Å². The number of hydrogen-bond donors (Lipinski definition) is 1. The first-order chi connectivity index (χ1) is 12.8. The second kappa shape index (κ2) is 7.88. The van der Waals surface area contributed by atoms with E-state index in [0.29, 0.717) is 23.5 Å². The van der Waals surface area contributed by atoms with Crippen LogP contribution in [0.4, 0.5) is 19.0 Å². The molecule has 3 aromatic rings. The summed E-state index contributed by atoms with van der Waals surface area (Å²) in [5.74, 6) is 1.30. The number of nitrogens with one attached hydrogen (secondary N) is 1. The van der Waals surface area contributed by atoms with Crippen molar-refractivity contribution in [3.05, 3.63) is 76.9 Å². The molecule has 0 amide bonds. The molecule has 0 bridgehead atoms. The minimum Gasteiger partial charge on any atom is -0.497 e. The number of hydrogen-bond acceptors (Lipinski definition) is 3. The molecule has 0 fully saturated rings. The van der Waals surface area contributed by atoms with Gasteiger partial charge in [-0.05, 0) is 53.1 Å². The van der Waals surface area contributed by atoms with Crippen LogP contribution in [-0.4, -0.2) is 12.1 Å². The fourth-order valence-corrected chi connectivity index (χ4v) is 2.75. The number of aromatic nitrogens is 1. The molecule has 27 heavy (non-hydrogen) atoms. The van der Waals surface area contributed by atoms with Crippen LogP contribution >= 0.6 is 11.6 Å². The minimum atomic E-state index is -4.36. The molecule has 0 atom stereocenters. The third kappa shape index (κ3) is 4.92. The first-order valence-corrected chi connectivity index (χ1v) is 8.45. The van der Waals surface area contributed by atoms with Crippen molar-refractivity contribution in [1.82, 2.24) is 4.98 Å². The first kappa shape index (κ1) is 19.0. The number of nitrogens with zero attached hydrogens (tertiary/aromatic N) is 1. The highest BCUT2D eigenvalue weighted by Gasteiger charge is 2.29. The first-order valence-electron chi connectivity index (χ1n) is 8.07.